The maximum absolute atomic E-state index is 13.7. The van der Waals surface area contributed by atoms with Crippen LogP contribution in [0.1, 0.15) is 30.3 Å². The van der Waals surface area contributed by atoms with Crippen molar-refractivity contribution in [3.8, 4) is 0 Å². The summed E-state index contributed by atoms with van der Waals surface area (Å²) in [6, 6.07) is 10.5. The summed E-state index contributed by atoms with van der Waals surface area (Å²) in [5.74, 6) is -2.97. The van der Waals surface area contributed by atoms with Gasteiger partial charge in [0.2, 0.25) is 0 Å². The van der Waals surface area contributed by atoms with E-state index in [1.165, 1.54) is 6.92 Å². The summed E-state index contributed by atoms with van der Waals surface area (Å²) in [5, 5.41) is 7.84. The van der Waals surface area contributed by atoms with Crippen molar-refractivity contribution in [2.24, 2.45) is 0 Å². The normalized spacial score (nSPS) is 12.2. The third kappa shape index (κ3) is 4.52. The molecule has 7 nitrogen and oxygen atoms in total. The molecule has 4 aromatic rings. The number of nitrogens with one attached hydrogen (secondary N) is 1. The fourth-order valence-corrected chi connectivity index (χ4v) is 3.70. The molecule has 2 heterocycles. The Morgan fingerprint density at radius 3 is 2.67 bits per heavy atom. The zero-order valence-electron chi connectivity index (χ0n) is 18.4. The molecular formula is C24H22F2N4O3. The Morgan fingerprint density at radius 1 is 1.15 bits per heavy atom. The highest BCUT2D eigenvalue weighted by atomic mass is 19.1. The molecule has 4 rings (SSSR count). The average Bonchev–Trinajstić information content (AvgIpc) is 3.14. The number of aromatic nitrogens is 3. The SMILES string of the molecule is Cc1nc2c3ccccc3nn2c(C)c1CCC(=O)OC(C)C(=O)Nc1ccc(F)cc1F. The van der Waals surface area contributed by atoms with Crippen LogP contribution in [0.5, 0.6) is 0 Å². The molecule has 0 radical (unpaired) electrons. The van der Waals surface area contributed by atoms with Crippen molar-refractivity contribution in [2.45, 2.75) is 39.7 Å². The summed E-state index contributed by atoms with van der Waals surface area (Å²) < 4.78 is 33.7. The van der Waals surface area contributed by atoms with Crippen LogP contribution in [0.15, 0.2) is 42.5 Å². The van der Waals surface area contributed by atoms with Crippen molar-refractivity contribution in [2.75, 3.05) is 5.32 Å². The van der Waals surface area contributed by atoms with Crippen LogP contribution in [-0.4, -0.2) is 32.6 Å². The largest absolute Gasteiger partial charge is 0.453 e. The molecular weight excluding hydrogens is 430 g/mol. The van der Waals surface area contributed by atoms with E-state index in [0.717, 1.165) is 45.6 Å². The number of anilines is 1. The standard InChI is InChI=1S/C24H22F2N4O3/c1-13-17(14(2)30-23(27-13)18-6-4-5-7-20(18)29-30)9-11-22(31)33-15(3)24(32)28-21-10-8-16(25)12-19(21)26/h4-8,10,12,15H,9,11H2,1-3H3,(H,28,32). The van der Waals surface area contributed by atoms with Gasteiger partial charge >= 0.3 is 5.97 Å². The zero-order chi connectivity index (χ0) is 23.7. The topological polar surface area (TPSA) is 85.6 Å². The molecule has 0 spiro atoms. The minimum atomic E-state index is -1.15. The van der Waals surface area contributed by atoms with Crippen molar-refractivity contribution < 1.29 is 23.1 Å². The van der Waals surface area contributed by atoms with Crippen LogP contribution < -0.4 is 5.32 Å². The van der Waals surface area contributed by atoms with Crippen LogP contribution in [0.4, 0.5) is 14.5 Å². The number of hydrogen-bond donors (Lipinski definition) is 1. The van der Waals surface area contributed by atoms with E-state index >= 15 is 0 Å². The highest BCUT2D eigenvalue weighted by Crippen LogP contribution is 2.23. The average molecular weight is 452 g/mol. The van der Waals surface area contributed by atoms with Gasteiger partial charge < -0.3 is 10.1 Å². The van der Waals surface area contributed by atoms with Gasteiger partial charge in [0.15, 0.2) is 11.8 Å². The number of halogens is 2. The van der Waals surface area contributed by atoms with Gasteiger partial charge in [-0.2, -0.15) is 5.10 Å². The number of benzene rings is 2. The molecule has 0 saturated heterocycles. The number of fused-ring (bicyclic) bond motifs is 3. The predicted molar refractivity (Wildman–Crippen MR) is 119 cm³/mol. The van der Waals surface area contributed by atoms with Crippen LogP contribution in [0.25, 0.3) is 16.6 Å². The third-order valence-corrected chi connectivity index (χ3v) is 5.46. The summed E-state index contributed by atoms with van der Waals surface area (Å²) in [5.41, 5.74) is 3.93. The second-order valence-electron chi connectivity index (χ2n) is 7.76. The van der Waals surface area contributed by atoms with Crippen molar-refractivity contribution in [1.82, 2.24) is 14.6 Å². The van der Waals surface area contributed by atoms with Crippen molar-refractivity contribution >= 4 is 34.1 Å². The molecule has 2 aromatic heterocycles. The second kappa shape index (κ2) is 8.93. The third-order valence-electron chi connectivity index (χ3n) is 5.46. The van der Waals surface area contributed by atoms with Gasteiger partial charge in [-0.3, -0.25) is 9.59 Å². The minimum absolute atomic E-state index is 0.0260. The van der Waals surface area contributed by atoms with E-state index in [1.807, 2.05) is 38.1 Å². The minimum Gasteiger partial charge on any atom is -0.453 e. The van der Waals surface area contributed by atoms with Crippen molar-refractivity contribution in [1.29, 1.82) is 0 Å². The number of aryl methyl sites for hydroxylation is 2. The van der Waals surface area contributed by atoms with Crippen molar-refractivity contribution in [3.63, 3.8) is 0 Å². The number of ether oxygens (including phenoxy) is 1. The van der Waals surface area contributed by atoms with Gasteiger partial charge in [0, 0.05) is 29.3 Å². The van der Waals surface area contributed by atoms with E-state index in [0.29, 0.717) is 12.5 Å². The molecule has 1 unspecified atom stereocenters. The lowest BCUT2D eigenvalue weighted by molar-refractivity contribution is -0.153. The molecule has 9 heteroatoms. The van der Waals surface area contributed by atoms with Gasteiger partial charge in [-0.15, -0.1) is 0 Å². The first-order valence-electron chi connectivity index (χ1n) is 10.4. The summed E-state index contributed by atoms with van der Waals surface area (Å²) in [6.07, 6.45) is -0.768. The van der Waals surface area contributed by atoms with E-state index in [4.69, 9.17) is 4.74 Å². The number of rotatable bonds is 6. The molecule has 0 saturated carbocycles. The maximum Gasteiger partial charge on any atom is 0.306 e. The molecule has 2 aromatic carbocycles. The molecule has 0 aliphatic rings. The van der Waals surface area contributed by atoms with Gasteiger partial charge in [-0.05, 0) is 57.0 Å². The Bertz CT molecular complexity index is 1380. The number of hydrogen-bond acceptors (Lipinski definition) is 5. The fourth-order valence-electron chi connectivity index (χ4n) is 3.70. The van der Waals surface area contributed by atoms with E-state index in [9.17, 15) is 18.4 Å². The van der Waals surface area contributed by atoms with Crippen LogP contribution >= 0.6 is 0 Å². The first-order chi connectivity index (χ1) is 15.7. The highest BCUT2D eigenvalue weighted by molar-refractivity contribution is 5.95. The van der Waals surface area contributed by atoms with Crippen molar-refractivity contribution in [3.05, 3.63) is 71.1 Å². The van der Waals surface area contributed by atoms with E-state index in [1.54, 1.807) is 4.52 Å². The fraction of sp³-hybridized carbons (Fsp3) is 0.250. The monoisotopic (exact) mass is 452 g/mol. The highest BCUT2D eigenvalue weighted by Gasteiger charge is 2.20. The number of amides is 1. The number of carbonyl (C=O) groups is 2. The van der Waals surface area contributed by atoms with E-state index < -0.39 is 29.6 Å². The Balaban J connectivity index is 1.42. The van der Waals surface area contributed by atoms with Crippen LogP contribution in [0.3, 0.4) is 0 Å². The van der Waals surface area contributed by atoms with Gasteiger partial charge in [0.05, 0.1) is 11.2 Å². The lowest BCUT2D eigenvalue weighted by Gasteiger charge is -2.15. The molecule has 33 heavy (non-hydrogen) atoms. The summed E-state index contributed by atoms with van der Waals surface area (Å²) in [7, 11) is 0. The number of carbonyl (C=O) groups excluding carboxylic acids is 2. The molecule has 0 aliphatic carbocycles. The first kappa shape index (κ1) is 22.3. The Labute approximate surface area is 188 Å². The van der Waals surface area contributed by atoms with E-state index in [-0.39, 0.29) is 12.1 Å². The molecule has 0 aliphatic heterocycles. The summed E-state index contributed by atoms with van der Waals surface area (Å²) in [6.45, 7) is 5.18. The molecule has 0 fully saturated rings. The Kier molecular flexibility index (Phi) is 6.04. The van der Waals surface area contributed by atoms with E-state index in [2.05, 4.69) is 15.4 Å². The van der Waals surface area contributed by atoms with Gasteiger partial charge in [-0.25, -0.2) is 18.3 Å². The molecule has 170 valence electrons. The molecule has 0 bridgehead atoms. The van der Waals surface area contributed by atoms with Crippen LogP contribution in [0, 0.1) is 25.5 Å². The van der Waals surface area contributed by atoms with Gasteiger partial charge in [-0.1, -0.05) is 12.1 Å². The first-order valence-corrected chi connectivity index (χ1v) is 10.4. The zero-order valence-corrected chi connectivity index (χ0v) is 18.4. The lowest BCUT2D eigenvalue weighted by Crippen LogP contribution is -2.30. The summed E-state index contributed by atoms with van der Waals surface area (Å²) in [4.78, 5) is 29.3. The molecule has 1 atom stereocenters. The number of esters is 1. The smallest absolute Gasteiger partial charge is 0.306 e. The number of nitrogens with zero attached hydrogens (tertiary/aromatic N) is 3. The van der Waals surface area contributed by atoms with Crippen LogP contribution in [-0.2, 0) is 20.7 Å². The van der Waals surface area contributed by atoms with Crippen LogP contribution in [0.2, 0.25) is 0 Å². The Morgan fingerprint density at radius 2 is 1.91 bits per heavy atom. The Hall–Kier alpha value is -3.88. The van der Waals surface area contributed by atoms with Gasteiger partial charge in [0.25, 0.3) is 5.91 Å². The molecule has 1 N–H and O–H groups in total. The van der Waals surface area contributed by atoms with Gasteiger partial charge in [0.1, 0.15) is 11.6 Å². The predicted octanol–water partition coefficient (Wildman–Crippen LogP) is 4.28. The molecule has 1 amide bonds. The second-order valence-corrected chi connectivity index (χ2v) is 7.76. The maximum atomic E-state index is 13.7. The lowest BCUT2D eigenvalue weighted by atomic mass is 10.1. The quantitative estimate of drug-likeness (QED) is 0.442. The summed E-state index contributed by atoms with van der Waals surface area (Å²) >= 11 is 0.